The van der Waals surface area contributed by atoms with Crippen LogP contribution in [-0.2, 0) is 9.53 Å². The number of carbonyl (C=O) groups excluding carboxylic acids is 2. The number of carbonyl (C=O) groups is 2. The Kier molecular flexibility index (Phi) is 7.71. The minimum atomic E-state index is -0.592. The van der Waals surface area contributed by atoms with Gasteiger partial charge in [-0.15, -0.1) is 0 Å². The second-order valence-corrected chi connectivity index (χ2v) is 16.0. The fourth-order valence-corrected chi connectivity index (χ4v) is 10.5. The molecule has 0 radical (unpaired) electrons. The van der Waals surface area contributed by atoms with Crippen LogP contribution in [0.1, 0.15) is 99.8 Å². The van der Waals surface area contributed by atoms with Crippen LogP contribution in [0.2, 0.25) is 0 Å². The first-order valence-corrected chi connectivity index (χ1v) is 16.2. The van der Waals surface area contributed by atoms with Crippen LogP contribution in [-0.4, -0.2) is 78.1 Å². The number of likely N-dealkylation sites (N-methyl/N-ethyl adjacent to an activating group) is 2. The summed E-state index contributed by atoms with van der Waals surface area (Å²) in [6, 6.07) is 0.390. The lowest BCUT2D eigenvalue weighted by Crippen LogP contribution is -2.56. The van der Waals surface area contributed by atoms with Gasteiger partial charge in [-0.25, -0.2) is 4.79 Å². The lowest BCUT2D eigenvalue weighted by atomic mass is 9.47. The molecule has 226 valence electrons. The van der Waals surface area contributed by atoms with Crippen LogP contribution in [0.5, 0.6) is 0 Å². The highest BCUT2D eigenvalue weighted by Gasteiger charge is 2.64. The molecule has 9 unspecified atom stereocenters. The van der Waals surface area contributed by atoms with E-state index in [1.54, 1.807) is 12.6 Å². The van der Waals surface area contributed by atoms with Crippen LogP contribution in [0.25, 0.3) is 0 Å². The summed E-state index contributed by atoms with van der Waals surface area (Å²) >= 11 is 0. The molecule has 1 saturated heterocycles. The number of hydrogen-bond donors (Lipinski definition) is 0. The molecule has 6 nitrogen and oxygen atoms in total. The fraction of sp³-hybridized carbons (Fsp3) is 0.882. The Balaban J connectivity index is 1.30. The molecule has 0 aromatic rings. The van der Waals surface area contributed by atoms with Gasteiger partial charge in [0.1, 0.15) is 11.6 Å². The summed E-state index contributed by atoms with van der Waals surface area (Å²) in [5, 5.41) is 0. The van der Waals surface area contributed by atoms with Crippen LogP contribution in [0.3, 0.4) is 0 Å². The standard InChI is InChI=1S/C34H57N3O3/c1-21(2)29(37(10)31(39)40-32(4,5)6)30(38)36(9)24-15-17-33(7)23(19-24)11-12-25-27(33)16-18-34-20-35(8)22(3)26(34)13-14-28(25)34/h11,21-22,24-29H,12-20H2,1-10H3. The largest absolute Gasteiger partial charge is 0.444 e. The molecule has 0 bridgehead atoms. The third-order valence-corrected chi connectivity index (χ3v) is 12.6. The summed E-state index contributed by atoms with van der Waals surface area (Å²) in [6.07, 6.45) is 12.2. The van der Waals surface area contributed by atoms with Gasteiger partial charge in [-0.05, 0) is 127 Å². The van der Waals surface area contributed by atoms with E-state index >= 15 is 0 Å². The van der Waals surface area contributed by atoms with Gasteiger partial charge in [-0.3, -0.25) is 9.69 Å². The normalized spacial score (nSPS) is 39.9. The summed E-state index contributed by atoms with van der Waals surface area (Å²) < 4.78 is 5.61. The quantitative estimate of drug-likeness (QED) is 0.367. The van der Waals surface area contributed by atoms with E-state index in [1.165, 1.54) is 43.5 Å². The fourth-order valence-electron chi connectivity index (χ4n) is 10.5. The maximum Gasteiger partial charge on any atom is 0.410 e. The molecule has 1 heterocycles. The lowest BCUT2D eigenvalue weighted by Gasteiger charge is -2.58. The average molecular weight is 556 g/mol. The second-order valence-electron chi connectivity index (χ2n) is 16.0. The van der Waals surface area contributed by atoms with Gasteiger partial charge in [0.15, 0.2) is 0 Å². The van der Waals surface area contributed by atoms with E-state index < -0.39 is 17.7 Å². The molecule has 0 aromatic heterocycles. The van der Waals surface area contributed by atoms with E-state index in [4.69, 9.17) is 4.74 Å². The van der Waals surface area contributed by atoms with Crippen molar-refractivity contribution in [1.82, 2.24) is 14.7 Å². The number of rotatable bonds is 4. The first-order chi connectivity index (χ1) is 18.6. The van der Waals surface area contributed by atoms with E-state index in [9.17, 15) is 9.59 Å². The molecule has 4 aliphatic carbocycles. The van der Waals surface area contributed by atoms with Gasteiger partial charge in [0.2, 0.25) is 5.91 Å². The van der Waals surface area contributed by atoms with E-state index in [0.29, 0.717) is 5.41 Å². The SMILES string of the molecule is CC(C)C(C(=O)N(C)C1CCC2(C)C(=CCC3C2CCC24CN(C)C(C)C2CCC34)C1)N(C)C(=O)OC(C)(C)C. The number of hydrogen-bond acceptors (Lipinski definition) is 4. The van der Waals surface area contributed by atoms with Crippen LogP contribution in [0, 0.1) is 40.4 Å². The lowest BCUT2D eigenvalue weighted by molar-refractivity contribution is -0.139. The van der Waals surface area contributed by atoms with Gasteiger partial charge in [0.25, 0.3) is 0 Å². The molecule has 1 spiro atoms. The Hall–Kier alpha value is -1.56. The number of fused-ring (bicyclic) bond motifs is 4. The van der Waals surface area contributed by atoms with Gasteiger partial charge in [0.05, 0.1) is 0 Å². The Morgan fingerprint density at radius 1 is 1.05 bits per heavy atom. The summed E-state index contributed by atoms with van der Waals surface area (Å²) in [7, 11) is 6.02. The molecule has 3 saturated carbocycles. The maximum atomic E-state index is 13.9. The topological polar surface area (TPSA) is 53.1 Å². The zero-order valence-electron chi connectivity index (χ0n) is 27.1. The first kappa shape index (κ1) is 29.9. The van der Waals surface area contributed by atoms with E-state index in [-0.39, 0.29) is 23.3 Å². The Morgan fingerprint density at radius 2 is 1.73 bits per heavy atom. The average Bonchev–Trinajstić information content (AvgIpc) is 3.35. The third kappa shape index (κ3) is 4.72. The van der Waals surface area contributed by atoms with Crippen molar-refractivity contribution in [3.05, 3.63) is 11.6 Å². The van der Waals surface area contributed by atoms with Gasteiger partial charge in [-0.1, -0.05) is 32.4 Å². The van der Waals surface area contributed by atoms with Crippen molar-refractivity contribution < 1.29 is 14.3 Å². The zero-order chi connectivity index (χ0) is 29.4. The Morgan fingerprint density at radius 3 is 2.38 bits per heavy atom. The van der Waals surface area contributed by atoms with Crippen molar-refractivity contribution in [1.29, 1.82) is 0 Å². The van der Waals surface area contributed by atoms with Crippen molar-refractivity contribution in [3.8, 4) is 0 Å². The van der Waals surface area contributed by atoms with Gasteiger partial charge < -0.3 is 14.5 Å². The smallest absolute Gasteiger partial charge is 0.410 e. The number of likely N-dealkylation sites (tertiary alicyclic amines) is 1. The summed E-state index contributed by atoms with van der Waals surface area (Å²) in [5.74, 6) is 3.42. The molecule has 4 fully saturated rings. The number of nitrogens with zero attached hydrogens (tertiary/aromatic N) is 3. The van der Waals surface area contributed by atoms with Crippen molar-refractivity contribution >= 4 is 12.0 Å². The first-order valence-electron chi connectivity index (χ1n) is 16.2. The number of ether oxygens (including phenoxy) is 1. The highest BCUT2D eigenvalue weighted by atomic mass is 16.6. The predicted octanol–water partition coefficient (Wildman–Crippen LogP) is 6.60. The summed E-state index contributed by atoms with van der Waals surface area (Å²) in [4.78, 5) is 32.9. The molecule has 1 aliphatic heterocycles. The summed E-state index contributed by atoms with van der Waals surface area (Å²) in [5.41, 5.74) is 1.84. The van der Waals surface area contributed by atoms with Crippen molar-refractivity contribution in [2.45, 2.75) is 124 Å². The van der Waals surface area contributed by atoms with Crippen LogP contribution in [0.4, 0.5) is 4.79 Å². The molecule has 5 aliphatic rings. The Bertz CT molecular complexity index is 1030. The van der Waals surface area contributed by atoms with Crippen LogP contribution < -0.4 is 0 Å². The predicted molar refractivity (Wildman–Crippen MR) is 161 cm³/mol. The Labute approximate surface area is 244 Å². The summed E-state index contributed by atoms with van der Waals surface area (Å²) in [6.45, 7) is 16.0. The van der Waals surface area contributed by atoms with Crippen molar-refractivity contribution in [3.63, 3.8) is 0 Å². The molecule has 40 heavy (non-hydrogen) atoms. The van der Waals surface area contributed by atoms with Crippen molar-refractivity contribution in [2.75, 3.05) is 27.7 Å². The van der Waals surface area contributed by atoms with Crippen molar-refractivity contribution in [2.24, 2.45) is 40.4 Å². The molecule has 6 heteroatoms. The van der Waals surface area contributed by atoms with Gasteiger partial charge in [-0.2, -0.15) is 0 Å². The molecular formula is C34H57N3O3. The third-order valence-electron chi connectivity index (χ3n) is 12.6. The van der Waals surface area contributed by atoms with Gasteiger partial charge in [0, 0.05) is 32.7 Å². The van der Waals surface area contributed by atoms with Crippen LogP contribution in [0.15, 0.2) is 11.6 Å². The van der Waals surface area contributed by atoms with E-state index in [1.807, 2.05) is 46.6 Å². The zero-order valence-corrected chi connectivity index (χ0v) is 27.1. The highest BCUT2D eigenvalue weighted by Crippen LogP contribution is 2.68. The number of allylic oxidation sites excluding steroid dienone is 1. The molecule has 0 aromatic carbocycles. The molecule has 9 atom stereocenters. The van der Waals surface area contributed by atoms with E-state index in [2.05, 4.69) is 31.9 Å². The molecule has 2 amide bonds. The van der Waals surface area contributed by atoms with Crippen LogP contribution >= 0.6 is 0 Å². The molecule has 0 N–H and O–H groups in total. The molecule has 5 rings (SSSR count). The highest BCUT2D eigenvalue weighted by molar-refractivity contribution is 5.86. The number of amides is 2. The minimum absolute atomic E-state index is 0.00173. The maximum absolute atomic E-state index is 13.9. The molecular weight excluding hydrogens is 498 g/mol. The second kappa shape index (κ2) is 10.3. The monoisotopic (exact) mass is 555 g/mol. The minimum Gasteiger partial charge on any atom is -0.444 e. The van der Waals surface area contributed by atoms with Gasteiger partial charge >= 0.3 is 6.09 Å². The van der Waals surface area contributed by atoms with E-state index in [0.717, 1.165) is 49.0 Å².